The first-order valence-corrected chi connectivity index (χ1v) is 25.1. The maximum absolute atomic E-state index is 12.2. The van der Waals surface area contributed by atoms with Crippen molar-refractivity contribution in [3.63, 3.8) is 0 Å². The third kappa shape index (κ3) is 22.1. The summed E-state index contributed by atoms with van der Waals surface area (Å²) in [6, 6.07) is 29.6. The zero-order valence-electron chi connectivity index (χ0n) is 44.9. The molecule has 67 heavy (non-hydrogen) atoms. The van der Waals surface area contributed by atoms with Gasteiger partial charge in [0.2, 0.25) is 0 Å². The average molecular weight is 927 g/mol. The molecule has 3 aromatic rings. The van der Waals surface area contributed by atoms with Gasteiger partial charge in [-0.1, -0.05) is 139 Å². The summed E-state index contributed by atoms with van der Waals surface area (Å²) in [6.07, 6.45) is 6.09. The van der Waals surface area contributed by atoms with Crippen LogP contribution in [0.2, 0.25) is 0 Å². The largest absolute Gasteiger partial charge is 0.375 e. The summed E-state index contributed by atoms with van der Waals surface area (Å²) in [4.78, 5) is 58.1. The summed E-state index contributed by atoms with van der Waals surface area (Å²) in [5, 5.41) is 3.27. The number of Topliss-reactive ketones (excluding diaryl/α,β-unsaturated/α-hetero) is 3. The lowest BCUT2D eigenvalue weighted by atomic mass is 9.76. The van der Waals surface area contributed by atoms with Crippen LogP contribution in [0.3, 0.4) is 0 Å². The Kier molecular flexibility index (Phi) is 32.6. The zero-order chi connectivity index (χ0) is 50.9. The van der Waals surface area contributed by atoms with Gasteiger partial charge in [-0.25, -0.2) is 0 Å². The van der Waals surface area contributed by atoms with Crippen LogP contribution < -0.4 is 5.32 Å². The average Bonchev–Trinajstić information content (AvgIpc) is 3.37. The molecular weight excluding hydrogens is 833 g/mol. The molecule has 3 aromatic carbocycles. The second kappa shape index (κ2) is 34.9. The smallest absolute Gasteiger partial charge is 0.143 e. The molecule has 6 rings (SSSR count). The lowest BCUT2D eigenvalue weighted by molar-refractivity contribution is -0.124. The van der Waals surface area contributed by atoms with Crippen molar-refractivity contribution in [3.8, 4) is 0 Å². The van der Waals surface area contributed by atoms with Crippen LogP contribution in [0.5, 0.6) is 0 Å². The summed E-state index contributed by atoms with van der Waals surface area (Å²) < 4.78 is 0. The van der Waals surface area contributed by atoms with Crippen LogP contribution in [0.15, 0.2) is 103 Å². The van der Waals surface area contributed by atoms with Crippen LogP contribution in [-0.2, 0) is 35.4 Å². The van der Waals surface area contributed by atoms with E-state index in [-0.39, 0.29) is 29.2 Å². The quantitative estimate of drug-likeness (QED) is 0.167. The van der Waals surface area contributed by atoms with Gasteiger partial charge in [0, 0.05) is 85.0 Å². The molecule has 3 aliphatic rings. The van der Waals surface area contributed by atoms with Gasteiger partial charge >= 0.3 is 0 Å². The van der Waals surface area contributed by atoms with Crippen molar-refractivity contribution in [3.05, 3.63) is 120 Å². The first kappa shape index (κ1) is 62.7. The van der Waals surface area contributed by atoms with Gasteiger partial charge in [-0.2, -0.15) is 0 Å². The number of likely N-dealkylation sites (N-methyl/N-ethyl adjacent to an activating group) is 3. The first-order chi connectivity index (χ1) is 32.0. The molecule has 3 heterocycles. The highest BCUT2D eigenvalue weighted by Gasteiger charge is 2.33. The van der Waals surface area contributed by atoms with Crippen molar-refractivity contribution in [2.75, 3.05) is 106 Å². The Labute approximate surface area is 409 Å². The van der Waals surface area contributed by atoms with Gasteiger partial charge < -0.3 is 34.6 Å². The van der Waals surface area contributed by atoms with Gasteiger partial charge in [0.1, 0.15) is 23.6 Å². The molecule has 3 aliphatic heterocycles. The SMILES string of the molecule is CC.CC.CC.CC(=O)C(C)(/C=C/N1CCN(C)CC1)c1ccccc1.CC(=O)C(C)(CC=O)c1ccccc1.CC(=O)C(C)(CCN1CCN(C)CC1)c1ccccc1.CN1CCNCC1. The number of carbonyl (C=O) groups is 4. The molecule has 1 N–H and O–H groups in total. The van der Waals surface area contributed by atoms with Crippen LogP contribution in [-0.4, -0.2) is 154 Å². The van der Waals surface area contributed by atoms with Crippen molar-refractivity contribution < 1.29 is 19.2 Å². The highest BCUT2D eigenvalue weighted by Crippen LogP contribution is 2.30. The number of hydrogen-bond donors (Lipinski definition) is 1. The number of hydrogen-bond acceptors (Lipinski definition) is 10. The number of nitrogens with one attached hydrogen (secondary N) is 1. The zero-order valence-corrected chi connectivity index (χ0v) is 44.9. The van der Waals surface area contributed by atoms with Crippen LogP contribution in [0, 0.1) is 0 Å². The van der Waals surface area contributed by atoms with E-state index >= 15 is 0 Å². The molecule has 3 atom stereocenters. The van der Waals surface area contributed by atoms with E-state index in [1.54, 1.807) is 20.8 Å². The maximum atomic E-state index is 12.2. The molecule has 0 bridgehead atoms. The van der Waals surface area contributed by atoms with E-state index < -0.39 is 10.8 Å². The Balaban J connectivity index is 0.000000872. The summed E-state index contributed by atoms with van der Waals surface area (Å²) in [6.45, 7) is 37.2. The van der Waals surface area contributed by atoms with Crippen molar-refractivity contribution in [2.24, 2.45) is 0 Å². The van der Waals surface area contributed by atoms with E-state index in [9.17, 15) is 19.2 Å². The van der Waals surface area contributed by atoms with Crippen LogP contribution in [0.1, 0.15) is 113 Å². The molecule has 0 aliphatic carbocycles. The fourth-order valence-corrected chi connectivity index (χ4v) is 7.42. The van der Waals surface area contributed by atoms with Crippen molar-refractivity contribution >= 4 is 23.6 Å². The number of piperazine rings is 3. The third-order valence-corrected chi connectivity index (χ3v) is 13.0. The molecule has 10 nitrogen and oxygen atoms in total. The van der Waals surface area contributed by atoms with Crippen molar-refractivity contribution in [2.45, 2.75) is 112 Å². The molecule has 0 aromatic heterocycles. The Morgan fingerprint density at radius 2 is 0.896 bits per heavy atom. The highest BCUT2D eigenvalue weighted by atomic mass is 16.1. The molecule has 0 spiro atoms. The number of carbonyl (C=O) groups excluding carboxylic acids is 4. The predicted molar refractivity (Wildman–Crippen MR) is 285 cm³/mol. The van der Waals surface area contributed by atoms with E-state index in [1.165, 1.54) is 20.0 Å². The molecule has 0 amide bonds. The van der Waals surface area contributed by atoms with E-state index in [2.05, 4.69) is 82.3 Å². The van der Waals surface area contributed by atoms with Crippen LogP contribution in [0.4, 0.5) is 0 Å². The van der Waals surface area contributed by atoms with E-state index in [0.29, 0.717) is 0 Å². The Bertz CT molecular complexity index is 1770. The van der Waals surface area contributed by atoms with Crippen LogP contribution in [0.25, 0.3) is 0 Å². The third-order valence-electron chi connectivity index (χ3n) is 13.0. The highest BCUT2D eigenvalue weighted by molar-refractivity contribution is 5.90. The van der Waals surface area contributed by atoms with E-state index in [0.717, 1.165) is 101 Å². The van der Waals surface area contributed by atoms with Gasteiger partial charge in [0.15, 0.2) is 0 Å². The fraction of sp³-hybridized carbons (Fsp3) is 0.579. The molecule has 3 fully saturated rings. The molecule has 0 radical (unpaired) electrons. The Morgan fingerprint density at radius 3 is 1.25 bits per heavy atom. The predicted octanol–water partition coefficient (Wildman–Crippen LogP) is 9.19. The minimum absolute atomic E-state index is 0.0239. The van der Waals surface area contributed by atoms with Gasteiger partial charge in [-0.15, -0.1) is 0 Å². The van der Waals surface area contributed by atoms with Crippen LogP contribution >= 0.6 is 0 Å². The second-order valence-corrected chi connectivity index (χ2v) is 17.6. The lowest BCUT2D eigenvalue weighted by Gasteiger charge is -2.35. The standard InChI is InChI=1S/C17H26N2O.C17H24N2O.C12H14O2.C5H12N2.3C2H6/c2*1-15(20)17(2,16-7-5-4-6-8-16)9-10-19-13-11-18(3)12-14-19;1-10(14)12(2,8-9-13)11-6-4-3-5-7-11;1-7-4-2-6-3-5-7;3*1-2/h4-8H,9-14H2,1-3H3;4-10H,11-14H2,1-3H3;3-7,9H,8H2,1-2H3;6H,2-5H2,1H3;3*1-2H3/b;10-9+;;;;;. The number of rotatable bonds is 13. The summed E-state index contributed by atoms with van der Waals surface area (Å²) in [5.74, 6) is 0.461. The number of nitrogens with zero attached hydrogens (tertiary/aromatic N) is 5. The van der Waals surface area contributed by atoms with E-state index in [1.807, 2.05) is 127 Å². The lowest BCUT2D eigenvalue weighted by Crippen LogP contribution is -2.46. The first-order valence-electron chi connectivity index (χ1n) is 25.1. The number of ketones is 3. The number of aldehydes is 1. The van der Waals surface area contributed by atoms with Gasteiger partial charge in [-0.3, -0.25) is 14.4 Å². The minimum Gasteiger partial charge on any atom is -0.375 e. The minimum atomic E-state index is -0.664. The number of allylic oxidation sites excluding steroid dienone is 1. The normalized spacial score (nSPS) is 18.0. The molecule has 3 unspecified atom stereocenters. The summed E-state index contributed by atoms with van der Waals surface area (Å²) >= 11 is 0. The second-order valence-electron chi connectivity index (χ2n) is 17.6. The molecule has 376 valence electrons. The summed E-state index contributed by atoms with van der Waals surface area (Å²) in [5.41, 5.74) is 1.54. The molecule has 3 saturated heterocycles. The molecule has 0 saturated carbocycles. The Morgan fingerprint density at radius 1 is 0.522 bits per heavy atom. The van der Waals surface area contributed by atoms with Gasteiger partial charge in [0.25, 0.3) is 0 Å². The maximum Gasteiger partial charge on any atom is 0.143 e. The summed E-state index contributed by atoms with van der Waals surface area (Å²) in [7, 11) is 6.46. The van der Waals surface area contributed by atoms with E-state index in [4.69, 9.17) is 0 Å². The van der Waals surface area contributed by atoms with Gasteiger partial charge in [0.05, 0.1) is 16.2 Å². The monoisotopic (exact) mass is 927 g/mol. The Hall–Kier alpha value is -4.32. The molecular formula is C57H94N6O4. The van der Waals surface area contributed by atoms with Crippen molar-refractivity contribution in [1.82, 2.24) is 29.8 Å². The fourth-order valence-electron chi connectivity index (χ4n) is 7.42. The van der Waals surface area contributed by atoms with Gasteiger partial charge in [-0.05, 0) is 98.5 Å². The molecule has 10 heteroatoms. The van der Waals surface area contributed by atoms with Crippen molar-refractivity contribution in [1.29, 1.82) is 0 Å². The topological polar surface area (TPSA) is 96.5 Å². The number of benzene rings is 3.